The molecule has 1 spiro atoms. The Balaban J connectivity index is 1.51. The molecule has 1 atom stereocenters. The number of pyridine rings is 1. The predicted molar refractivity (Wildman–Crippen MR) is 121 cm³/mol. The Labute approximate surface area is 181 Å². The number of aromatic nitrogens is 1. The molecule has 5 rings (SSSR count). The van der Waals surface area contributed by atoms with E-state index in [1.807, 2.05) is 48.5 Å². The Morgan fingerprint density at radius 2 is 1.77 bits per heavy atom. The third kappa shape index (κ3) is 3.51. The summed E-state index contributed by atoms with van der Waals surface area (Å²) in [6.07, 6.45) is 2.59. The first-order valence-electron chi connectivity index (χ1n) is 10.8. The number of benzene rings is 2. The molecule has 1 unspecified atom stereocenters. The smallest absolute Gasteiger partial charge is 0.252 e. The minimum atomic E-state index is -0.270. The fraction of sp³-hybridized carbons (Fsp3) is 0.360. The second-order valence-corrected chi connectivity index (χ2v) is 8.83. The van der Waals surface area contributed by atoms with E-state index in [0.717, 1.165) is 54.6 Å². The van der Waals surface area contributed by atoms with E-state index in [0.29, 0.717) is 5.56 Å². The molecule has 6 nitrogen and oxygen atoms in total. The normalized spacial score (nSPS) is 20.3. The molecule has 3 heterocycles. The lowest BCUT2D eigenvalue weighted by Gasteiger charge is -2.46. The van der Waals surface area contributed by atoms with Crippen LogP contribution >= 0.6 is 0 Å². The minimum Gasteiger partial charge on any atom is -0.487 e. The molecule has 2 aliphatic rings. The topological polar surface area (TPSA) is 63.6 Å². The number of fused-ring (bicyclic) bond motifs is 2. The van der Waals surface area contributed by atoms with E-state index in [1.165, 1.54) is 6.07 Å². The maximum atomic E-state index is 13.4. The van der Waals surface area contributed by atoms with Crippen molar-refractivity contribution in [3.05, 3.63) is 76.1 Å². The van der Waals surface area contributed by atoms with Gasteiger partial charge in [0.05, 0.1) is 17.1 Å². The second-order valence-electron chi connectivity index (χ2n) is 8.83. The van der Waals surface area contributed by atoms with Crippen molar-refractivity contribution in [3.8, 4) is 5.75 Å². The van der Waals surface area contributed by atoms with Gasteiger partial charge in [-0.05, 0) is 32.0 Å². The van der Waals surface area contributed by atoms with E-state index >= 15 is 0 Å². The first kappa shape index (κ1) is 19.8. The average Bonchev–Trinajstić information content (AvgIpc) is 2.78. The number of carbonyl (C=O) groups excluding carboxylic acids is 1. The number of hydrogen-bond donors (Lipinski definition) is 1. The summed E-state index contributed by atoms with van der Waals surface area (Å²) >= 11 is 0. The van der Waals surface area contributed by atoms with E-state index in [1.54, 1.807) is 11.6 Å². The van der Waals surface area contributed by atoms with Crippen LogP contribution in [0, 0.1) is 0 Å². The summed E-state index contributed by atoms with van der Waals surface area (Å²) in [6.45, 7) is 1.95. The number of rotatable bonds is 2. The monoisotopic (exact) mass is 417 g/mol. The van der Waals surface area contributed by atoms with Crippen molar-refractivity contribution >= 4 is 16.8 Å². The zero-order valence-electron chi connectivity index (χ0n) is 17.9. The lowest BCUT2D eigenvalue weighted by atomic mass is 9.80. The summed E-state index contributed by atoms with van der Waals surface area (Å²) in [6, 6.07) is 16.7. The number of piperidine rings is 1. The van der Waals surface area contributed by atoms with Gasteiger partial charge in [-0.1, -0.05) is 36.4 Å². The molecule has 31 heavy (non-hydrogen) atoms. The van der Waals surface area contributed by atoms with Crippen LogP contribution in [0.5, 0.6) is 5.75 Å². The third-order valence-electron chi connectivity index (χ3n) is 6.80. The maximum absolute atomic E-state index is 13.4. The fourth-order valence-electron chi connectivity index (χ4n) is 4.91. The molecule has 6 heteroatoms. The Morgan fingerprint density at radius 3 is 2.58 bits per heavy atom. The van der Waals surface area contributed by atoms with Gasteiger partial charge in [-0.25, -0.2) is 0 Å². The first-order valence-corrected chi connectivity index (χ1v) is 10.8. The molecule has 160 valence electrons. The molecule has 0 radical (unpaired) electrons. The van der Waals surface area contributed by atoms with Crippen LogP contribution in [0.4, 0.5) is 0 Å². The number of aryl methyl sites for hydroxylation is 1. The van der Waals surface area contributed by atoms with E-state index in [2.05, 4.69) is 17.3 Å². The summed E-state index contributed by atoms with van der Waals surface area (Å²) in [5, 5.41) is 4.01. The minimum absolute atomic E-state index is 0.163. The number of amides is 1. The van der Waals surface area contributed by atoms with E-state index in [4.69, 9.17) is 4.74 Å². The molecule has 1 amide bonds. The van der Waals surface area contributed by atoms with Crippen LogP contribution in [0.2, 0.25) is 0 Å². The Hall–Kier alpha value is -3.12. The molecule has 0 bridgehead atoms. The van der Waals surface area contributed by atoms with Gasteiger partial charge in [0.1, 0.15) is 11.4 Å². The zero-order valence-corrected chi connectivity index (χ0v) is 17.9. The molecule has 0 aliphatic carbocycles. The summed E-state index contributed by atoms with van der Waals surface area (Å²) in [5.74, 6) is 0.621. The van der Waals surface area contributed by atoms with Crippen LogP contribution in [0.1, 0.15) is 41.2 Å². The molecule has 1 fully saturated rings. The van der Waals surface area contributed by atoms with Crippen LogP contribution < -0.4 is 15.6 Å². The quantitative estimate of drug-likeness (QED) is 0.695. The second kappa shape index (κ2) is 7.54. The van der Waals surface area contributed by atoms with E-state index in [-0.39, 0.29) is 23.1 Å². The summed E-state index contributed by atoms with van der Waals surface area (Å²) < 4.78 is 8.07. The fourth-order valence-corrected chi connectivity index (χ4v) is 4.91. The van der Waals surface area contributed by atoms with Crippen molar-refractivity contribution < 1.29 is 9.53 Å². The Kier molecular flexibility index (Phi) is 4.82. The molecule has 1 N–H and O–H groups in total. The van der Waals surface area contributed by atoms with Crippen molar-refractivity contribution in [1.82, 2.24) is 14.8 Å². The van der Waals surface area contributed by atoms with Gasteiger partial charge in [0, 0.05) is 43.6 Å². The zero-order chi connectivity index (χ0) is 21.6. The van der Waals surface area contributed by atoms with Gasteiger partial charge in [0.2, 0.25) is 0 Å². The SMILES string of the molecule is CN1CCC2(CC1)CC(NC(=O)c1cc(=O)n(C)c3ccccc13)c1ccccc1O2. The van der Waals surface area contributed by atoms with Gasteiger partial charge in [0.15, 0.2) is 0 Å². The van der Waals surface area contributed by atoms with Gasteiger partial charge in [-0.3, -0.25) is 9.59 Å². The summed E-state index contributed by atoms with van der Waals surface area (Å²) in [4.78, 5) is 28.2. The van der Waals surface area contributed by atoms with Gasteiger partial charge in [-0.15, -0.1) is 0 Å². The summed E-state index contributed by atoms with van der Waals surface area (Å²) in [7, 11) is 3.86. The Bertz CT molecular complexity index is 1210. The van der Waals surface area contributed by atoms with Crippen LogP contribution in [-0.4, -0.2) is 41.1 Å². The lowest BCUT2D eigenvalue weighted by molar-refractivity contribution is -0.0195. The van der Waals surface area contributed by atoms with Crippen LogP contribution in [0.3, 0.4) is 0 Å². The van der Waals surface area contributed by atoms with Crippen molar-refractivity contribution in [2.75, 3.05) is 20.1 Å². The van der Waals surface area contributed by atoms with Crippen molar-refractivity contribution in [3.63, 3.8) is 0 Å². The molecular formula is C25H27N3O3. The molecule has 2 aliphatic heterocycles. The molecule has 1 aromatic heterocycles. The molecule has 0 saturated carbocycles. The number of likely N-dealkylation sites (tertiary alicyclic amines) is 1. The van der Waals surface area contributed by atoms with Crippen molar-refractivity contribution in [1.29, 1.82) is 0 Å². The number of hydrogen-bond acceptors (Lipinski definition) is 4. The van der Waals surface area contributed by atoms with Gasteiger partial charge in [0.25, 0.3) is 11.5 Å². The van der Waals surface area contributed by atoms with E-state index < -0.39 is 0 Å². The highest BCUT2D eigenvalue weighted by atomic mass is 16.5. The molecule has 3 aromatic rings. The average molecular weight is 418 g/mol. The number of nitrogens with zero attached hydrogens (tertiary/aromatic N) is 2. The molecular weight excluding hydrogens is 390 g/mol. The highest BCUT2D eigenvalue weighted by molar-refractivity contribution is 6.06. The first-order chi connectivity index (χ1) is 15.0. The largest absolute Gasteiger partial charge is 0.487 e. The Morgan fingerprint density at radius 1 is 1.06 bits per heavy atom. The highest BCUT2D eigenvalue weighted by Gasteiger charge is 2.43. The van der Waals surface area contributed by atoms with Gasteiger partial charge >= 0.3 is 0 Å². The number of carbonyl (C=O) groups is 1. The number of ether oxygens (including phenoxy) is 1. The highest BCUT2D eigenvalue weighted by Crippen LogP contribution is 2.44. The van der Waals surface area contributed by atoms with Crippen LogP contribution in [0.25, 0.3) is 10.9 Å². The lowest BCUT2D eigenvalue weighted by Crippen LogP contribution is -2.51. The number of para-hydroxylation sites is 2. The van der Waals surface area contributed by atoms with Crippen LogP contribution in [-0.2, 0) is 7.05 Å². The van der Waals surface area contributed by atoms with Gasteiger partial charge in [-0.2, -0.15) is 0 Å². The molecule has 1 saturated heterocycles. The molecule has 2 aromatic carbocycles. The van der Waals surface area contributed by atoms with E-state index in [9.17, 15) is 9.59 Å². The maximum Gasteiger partial charge on any atom is 0.252 e. The summed E-state index contributed by atoms with van der Waals surface area (Å²) in [5.41, 5.74) is 1.70. The predicted octanol–water partition coefficient (Wildman–Crippen LogP) is 3.26. The standard InChI is InChI=1S/C25H27N3O3/c1-27-13-11-25(12-14-27)16-20(18-8-4-6-10-22(18)31-25)26-24(30)19-15-23(29)28(2)21-9-5-3-7-17(19)21/h3-10,15,20H,11-14,16H2,1-2H3,(H,26,30). The van der Waals surface area contributed by atoms with Gasteiger partial charge < -0.3 is 19.5 Å². The van der Waals surface area contributed by atoms with Crippen molar-refractivity contribution in [2.45, 2.75) is 30.9 Å². The van der Waals surface area contributed by atoms with Crippen molar-refractivity contribution in [2.24, 2.45) is 7.05 Å². The third-order valence-corrected chi connectivity index (χ3v) is 6.80. The number of nitrogens with one attached hydrogen (secondary N) is 1. The van der Waals surface area contributed by atoms with Crippen LogP contribution in [0.15, 0.2) is 59.4 Å².